The monoisotopic (exact) mass is 344 g/mol. The van der Waals surface area contributed by atoms with Gasteiger partial charge in [0, 0.05) is 57.4 Å². The summed E-state index contributed by atoms with van der Waals surface area (Å²) in [6, 6.07) is 6.37. The Bertz CT molecular complexity index is 726. The maximum atomic E-state index is 13.0. The molecule has 0 saturated carbocycles. The molecule has 6 heteroatoms. The number of aryl methyl sites for hydroxylation is 2. The lowest BCUT2D eigenvalue weighted by Crippen LogP contribution is -2.32. The van der Waals surface area contributed by atoms with Gasteiger partial charge in [-0.25, -0.2) is 4.39 Å². The van der Waals surface area contributed by atoms with Crippen LogP contribution in [-0.4, -0.2) is 45.1 Å². The normalized spacial score (nSPS) is 16.3. The summed E-state index contributed by atoms with van der Waals surface area (Å²) in [5.74, 6) is -0.0899. The molecular formula is C19H25FN4O. The van der Waals surface area contributed by atoms with Crippen LogP contribution in [0.2, 0.25) is 0 Å². The minimum atomic E-state index is -0.250. The van der Waals surface area contributed by atoms with E-state index in [0.717, 1.165) is 37.4 Å². The van der Waals surface area contributed by atoms with Crippen molar-refractivity contribution in [1.29, 1.82) is 0 Å². The molecule has 134 valence electrons. The maximum Gasteiger partial charge on any atom is 0.224 e. The summed E-state index contributed by atoms with van der Waals surface area (Å²) >= 11 is 0. The van der Waals surface area contributed by atoms with Crippen LogP contribution >= 0.6 is 0 Å². The predicted octanol–water partition coefficient (Wildman–Crippen LogP) is 2.59. The van der Waals surface area contributed by atoms with Gasteiger partial charge in [0.1, 0.15) is 5.82 Å². The number of hydrogen-bond acceptors (Lipinski definition) is 3. The number of carbonyl (C=O) groups excluding carboxylic acids is 1. The van der Waals surface area contributed by atoms with E-state index in [0.29, 0.717) is 19.5 Å². The van der Waals surface area contributed by atoms with E-state index in [-0.39, 0.29) is 11.7 Å². The lowest BCUT2D eigenvalue weighted by atomic mass is 10.2. The molecule has 1 fully saturated rings. The highest BCUT2D eigenvalue weighted by Crippen LogP contribution is 2.15. The van der Waals surface area contributed by atoms with Crippen molar-refractivity contribution in [3.8, 4) is 0 Å². The molecule has 0 atom stereocenters. The second kappa shape index (κ2) is 7.78. The molecule has 0 spiro atoms. The molecule has 1 aromatic heterocycles. The number of rotatable bonds is 5. The van der Waals surface area contributed by atoms with Crippen LogP contribution in [0.15, 0.2) is 30.5 Å². The molecule has 2 aromatic rings. The van der Waals surface area contributed by atoms with E-state index in [1.54, 1.807) is 12.1 Å². The van der Waals surface area contributed by atoms with E-state index in [1.165, 1.54) is 17.7 Å². The van der Waals surface area contributed by atoms with Gasteiger partial charge in [-0.2, -0.15) is 5.10 Å². The fourth-order valence-corrected chi connectivity index (χ4v) is 3.16. The van der Waals surface area contributed by atoms with Gasteiger partial charge in [0.25, 0.3) is 0 Å². The van der Waals surface area contributed by atoms with Gasteiger partial charge < -0.3 is 4.90 Å². The molecule has 0 N–H and O–H groups in total. The summed E-state index contributed by atoms with van der Waals surface area (Å²) in [6.45, 7) is 8.63. The Kier molecular flexibility index (Phi) is 5.48. The second-order valence-corrected chi connectivity index (χ2v) is 6.56. The van der Waals surface area contributed by atoms with Crippen molar-refractivity contribution in [3.05, 3.63) is 53.1 Å². The molecule has 1 saturated heterocycles. The lowest BCUT2D eigenvalue weighted by Gasteiger charge is -2.22. The van der Waals surface area contributed by atoms with Gasteiger partial charge in [-0.3, -0.25) is 14.4 Å². The molecule has 5 nitrogen and oxygen atoms in total. The van der Waals surface area contributed by atoms with Crippen LogP contribution in [0.5, 0.6) is 0 Å². The predicted molar refractivity (Wildman–Crippen MR) is 94.3 cm³/mol. The van der Waals surface area contributed by atoms with E-state index in [4.69, 9.17) is 0 Å². The first-order chi connectivity index (χ1) is 12.0. The van der Waals surface area contributed by atoms with Gasteiger partial charge in [-0.05, 0) is 31.5 Å². The third-order valence-electron chi connectivity index (χ3n) is 4.73. The molecule has 0 bridgehead atoms. The molecule has 0 radical (unpaired) electrons. The Morgan fingerprint density at radius 2 is 1.88 bits per heavy atom. The van der Waals surface area contributed by atoms with Crippen LogP contribution < -0.4 is 0 Å². The highest BCUT2D eigenvalue weighted by atomic mass is 19.1. The minimum Gasteiger partial charge on any atom is -0.337 e. The molecule has 1 aliphatic heterocycles. The fraction of sp³-hybridized carbons (Fsp3) is 0.474. The van der Waals surface area contributed by atoms with Crippen molar-refractivity contribution in [1.82, 2.24) is 19.6 Å². The highest BCUT2D eigenvalue weighted by Gasteiger charge is 2.21. The van der Waals surface area contributed by atoms with Crippen LogP contribution in [0.1, 0.15) is 30.2 Å². The van der Waals surface area contributed by atoms with Crippen LogP contribution in [-0.2, 0) is 24.4 Å². The van der Waals surface area contributed by atoms with Gasteiger partial charge in [-0.1, -0.05) is 12.1 Å². The molecule has 2 heterocycles. The lowest BCUT2D eigenvalue weighted by molar-refractivity contribution is -0.130. The van der Waals surface area contributed by atoms with Gasteiger partial charge in [0.05, 0.1) is 5.69 Å². The Morgan fingerprint density at radius 1 is 1.12 bits per heavy atom. The zero-order valence-corrected chi connectivity index (χ0v) is 14.9. The van der Waals surface area contributed by atoms with Crippen molar-refractivity contribution in [2.45, 2.75) is 39.9 Å². The second-order valence-electron chi connectivity index (χ2n) is 6.56. The van der Waals surface area contributed by atoms with E-state index in [2.05, 4.69) is 23.1 Å². The van der Waals surface area contributed by atoms with E-state index in [9.17, 15) is 9.18 Å². The van der Waals surface area contributed by atoms with Gasteiger partial charge in [0.2, 0.25) is 5.91 Å². The first-order valence-corrected chi connectivity index (χ1v) is 8.82. The molecule has 1 aromatic carbocycles. The topological polar surface area (TPSA) is 41.4 Å². The van der Waals surface area contributed by atoms with Crippen LogP contribution in [0, 0.1) is 12.7 Å². The smallest absolute Gasteiger partial charge is 0.224 e. The Labute approximate surface area is 148 Å². The summed E-state index contributed by atoms with van der Waals surface area (Å²) < 4.78 is 15.0. The van der Waals surface area contributed by atoms with E-state index in [1.807, 2.05) is 16.5 Å². The molecule has 0 aliphatic carbocycles. The molecule has 0 unspecified atom stereocenters. The summed E-state index contributed by atoms with van der Waals surface area (Å²) in [5.41, 5.74) is 3.24. The van der Waals surface area contributed by atoms with Gasteiger partial charge in [0.15, 0.2) is 0 Å². The van der Waals surface area contributed by atoms with E-state index >= 15 is 0 Å². The zero-order chi connectivity index (χ0) is 17.8. The van der Waals surface area contributed by atoms with Crippen molar-refractivity contribution in [3.63, 3.8) is 0 Å². The number of hydrogen-bond donors (Lipinski definition) is 0. The number of nitrogens with zero attached hydrogens (tertiary/aromatic N) is 4. The highest BCUT2D eigenvalue weighted by molar-refractivity contribution is 5.76. The third kappa shape index (κ3) is 4.45. The quantitative estimate of drug-likeness (QED) is 0.837. The number of carbonyl (C=O) groups is 1. The fourth-order valence-electron chi connectivity index (χ4n) is 3.16. The number of aromatic nitrogens is 2. The third-order valence-corrected chi connectivity index (χ3v) is 4.73. The van der Waals surface area contributed by atoms with Crippen molar-refractivity contribution >= 4 is 5.91 Å². The number of benzene rings is 1. The Balaban J connectivity index is 1.61. The van der Waals surface area contributed by atoms with Crippen molar-refractivity contribution in [2.24, 2.45) is 0 Å². The minimum absolute atomic E-state index is 0.160. The van der Waals surface area contributed by atoms with Gasteiger partial charge >= 0.3 is 0 Å². The van der Waals surface area contributed by atoms with Crippen molar-refractivity contribution in [2.75, 3.05) is 19.6 Å². The molecular weight excluding hydrogens is 319 g/mol. The van der Waals surface area contributed by atoms with Crippen LogP contribution in [0.3, 0.4) is 0 Å². The SMILES string of the molecule is CCn1cc(CN2CCC(=O)N(Cc3ccc(F)cc3)CC2)c(C)n1. The molecule has 25 heavy (non-hydrogen) atoms. The van der Waals surface area contributed by atoms with Crippen LogP contribution in [0.4, 0.5) is 4.39 Å². The zero-order valence-electron chi connectivity index (χ0n) is 14.9. The largest absolute Gasteiger partial charge is 0.337 e. The standard InChI is InChI=1S/C19H25FN4O/c1-3-24-14-17(15(2)21-24)13-22-9-8-19(25)23(11-10-22)12-16-4-6-18(20)7-5-16/h4-7,14H,3,8-13H2,1-2H3. The first kappa shape index (κ1) is 17.6. The van der Waals surface area contributed by atoms with Crippen molar-refractivity contribution < 1.29 is 9.18 Å². The summed E-state index contributed by atoms with van der Waals surface area (Å²) in [6.07, 6.45) is 2.61. The Morgan fingerprint density at radius 3 is 2.56 bits per heavy atom. The average molecular weight is 344 g/mol. The molecule has 3 rings (SSSR count). The maximum absolute atomic E-state index is 13.0. The first-order valence-electron chi connectivity index (χ1n) is 8.82. The number of halogens is 1. The summed E-state index contributed by atoms with van der Waals surface area (Å²) in [7, 11) is 0. The summed E-state index contributed by atoms with van der Waals surface area (Å²) in [5, 5.41) is 4.49. The van der Waals surface area contributed by atoms with E-state index < -0.39 is 0 Å². The number of amides is 1. The summed E-state index contributed by atoms with van der Waals surface area (Å²) in [4.78, 5) is 16.6. The average Bonchev–Trinajstić information content (AvgIpc) is 2.87. The van der Waals surface area contributed by atoms with Gasteiger partial charge in [-0.15, -0.1) is 0 Å². The van der Waals surface area contributed by atoms with Crippen LogP contribution in [0.25, 0.3) is 0 Å². The molecule has 1 amide bonds. The molecule has 1 aliphatic rings. The Hall–Kier alpha value is -2.21.